The third-order valence-electron chi connectivity index (χ3n) is 0.577. The summed E-state index contributed by atoms with van der Waals surface area (Å²) >= 11 is 0.398. The van der Waals surface area contributed by atoms with Gasteiger partial charge in [0.25, 0.3) is 0 Å². The Kier molecular flexibility index (Phi) is 22.6. The van der Waals surface area contributed by atoms with Crippen LogP contribution in [0.5, 0.6) is 0 Å². The van der Waals surface area contributed by atoms with Crippen molar-refractivity contribution in [3.05, 3.63) is 0 Å². The molecule has 4 heteroatoms. The summed E-state index contributed by atoms with van der Waals surface area (Å²) in [6, 6.07) is 0. The Balaban J connectivity index is 0. The summed E-state index contributed by atoms with van der Waals surface area (Å²) in [6.07, 6.45) is 0. The molecule has 0 N–H and O–H groups in total. The summed E-state index contributed by atoms with van der Waals surface area (Å²) in [5.41, 5.74) is 0. The zero-order valence-corrected chi connectivity index (χ0v) is 7.10. The molecule has 0 aromatic rings. The van der Waals surface area contributed by atoms with Gasteiger partial charge in [-0.1, -0.05) is 0 Å². The van der Waals surface area contributed by atoms with Crippen LogP contribution in [-0.4, -0.2) is 15.2 Å². The molecule has 0 saturated carbocycles. The Hall–Kier alpha value is 0.742. The second-order valence-corrected chi connectivity index (χ2v) is 3.50. The first kappa shape index (κ1) is 11.5. The first-order valence-corrected chi connectivity index (χ1v) is 4.79. The predicted molar refractivity (Wildman–Crippen MR) is 26.7 cm³/mol. The second-order valence-electron chi connectivity index (χ2n) is 1.17. The molecule has 0 amide bonds. The summed E-state index contributed by atoms with van der Waals surface area (Å²) in [4.78, 5) is 0. The minimum Gasteiger partial charge on any atom is -0.544 e. The van der Waals surface area contributed by atoms with Crippen LogP contribution in [0, 0.1) is 11.3 Å². The molecule has 2 nitrogen and oxygen atoms in total. The van der Waals surface area contributed by atoms with Crippen LogP contribution in [0.15, 0.2) is 0 Å². The van der Waals surface area contributed by atoms with E-state index in [1.54, 1.807) is 0 Å². The van der Waals surface area contributed by atoms with Crippen LogP contribution in [0.2, 0.25) is 10.6 Å². The molecule has 0 aliphatic carbocycles. The number of hydrogen-bond acceptors (Lipinski definition) is 2. The Labute approximate surface area is 60.7 Å². The average Bonchev–Trinajstić information content (AvgIpc) is 1.71. The van der Waals surface area contributed by atoms with Gasteiger partial charge in [0.2, 0.25) is 0 Å². The summed E-state index contributed by atoms with van der Waals surface area (Å²) in [7, 11) is 0. The van der Waals surface area contributed by atoms with E-state index in [1.807, 2.05) is 0 Å². The maximum Gasteiger partial charge on any atom is 0.0878 e. The van der Waals surface area contributed by atoms with E-state index in [0.717, 1.165) is 15.2 Å². The van der Waals surface area contributed by atoms with Gasteiger partial charge in [0, 0.05) is 0 Å². The second kappa shape index (κ2) is 15.6. The Morgan fingerprint density at radius 1 is 1.25 bits per heavy atom. The first-order chi connectivity index (χ1) is 3.83. The molecule has 0 radical (unpaired) electrons. The molecule has 0 aliphatic rings. The van der Waals surface area contributed by atoms with E-state index in [4.69, 9.17) is 9.32 Å². The van der Waals surface area contributed by atoms with Crippen molar-refractivity contribution in [1.82, 2.24) is 0 Å². The van der Waals surface area contributed by atoms with Crippen molar-refractivity contribution >= 4 is 15.2 Å². The fourth-order valence-corrected chi connectivity index (χ4v) is 0.866. The standard InChI is InChI=1S/2C2H5.Al.ClO2/c2*1-2;;2-1-3/h2*1H2,2H3;;/q;;+1;-1. The van der Waals surface area contributed by atoms with Crippen LogP contribution in [0.4, 0.5) is 0 Å². The van der Waals surface area contributed by atoms with Crippen LogP contribution in [0.1, 0.15) is 13.8 Å². The van der Waals surface area contributed by atoms with E-state index in [9.17, 15) is 0 Å². The topological polar surface area (TPSA) is 46.1 Å². The van der Waals surface area contributed by atoms with Crippen LogP contribution in [0.25, 0.3) is 0 Å². The minimum atomic E-state index is -0.417. The molecule has 48 valence electrons. The molecule has 0 aliphatic heterocycles. The molecule has 0 saturated heterocycles. The third-order valence-corrected chi connectivity index (χ3v) is 1.73. The molecule has 0 aromatic heterocycles. The zero-order chi connectivity index (χ0) is 6.83. The summed E-state index contributed by atoms with van der Waals surface area (Å²) < 4.78 is 16.5. The first-order valence-electron chi connectivity index (χ1n) is 2.54. The molecule has 0 rings (SSSR count). The zero-order valence-electron chi connectivity index (χ0n) is 5.19. The van der Waals surface area contributed by atoms with E-state index < -0.39 is 11.3 Å². The van der Waals surface area contributed by atoms with E-state index >= 15 is 0 Å². The average molecular weight is 153 g/mol. The van der Waals surface area contributed by atoms with Gasteiger partial charge >= 0.3 is 39.6 Å². The minimum absolute atomic E-state index is 0.417. The van der Waals surface area contributed by atoms with Gasteiger partial charge in [0.05, 0.1) is 11.3 Å². The van der Waals surface area contributed by atoms with Crippen molar-refractivity contribution in [2.75, 3.05) is 0 Å². The quantitative estimate of drug-likeness (QED) is 0.486. The molecule has 0 bridgehead atoms. The van der Waals surface area contributed by atoms with E-state index in [-0.39, 0.29) is 0 Å². The van der Waals surface area contributed by atoms with Gasteiger partial charge in [-0.05, 0) is 0 Å². The fourth-order valence-electron chi connectivity index (χ4n) is 0.289. The van der Waals surface area contributed by atoms with Crippen LogP contribution >= 0.6 is 0 Å². The van der Waals surface area contributed by atoms with Gasteiger partial charge in [-0.2, -0.15) is 0 Å². The molecular weight excluding hydrogens is 142 g/mol. The number of rotatable bonds is 2. The van der Waals surface area contributed by atoms with Gasteiger partial charge in [0.1, 0.15) is 0 Å². The number of halogens is 1. The largest absolute Gasteiger partial charge is 0.544 e. The van der Waals surface area contributed by atoms with Gasteiger partial charge in [0.15, 0.2) is 0 Å². The van der Waals surface area contributed by atoms with Crippen LogP contribution in [-0.2, 0) is 0 Å². The van der Waals surface area contributed by atoms with Crippen molar-refractivity contribution in [3.63, 3.8) is 0 Å². The SMILES string of the molecule is C[CH2][Al+][CH2]C.[O-][Cl+][O-]. The molecule has 8 heavy (non-hydrogen) atoms. The van der Waals surface area contributed by atoms with Crippen molar-refractivity contribution in [2.24, 2.45) is 0 Å². The molecule has 0 fully saturated rings. The monoisotopic (exact) mass is 152 g/mol. The molecule has 0 aromatic carbocycles. The van der Waals surface area contributed by atoms with Crippen molar-refractivity contribution < 1.29 is 20.6 Å². The van der Waals surface area contributed by atoms with Crippen LogP contribution in [0.3, 0.4) is 0 Å². The van der Waals surface area contributed by atoms with Crippen molar-refractivity contribution in [2.45, 2.75) is 24.4 Å². The van der Waals surface area contributed by atoms with Crippen LogP contribution < -0.4 is 9.32 Å². The maximum atomic E-state index is 8.24. The van der Waals surface area contributed by atoms with E-state index in [0.29, 0.717) is 0 Å². The third kappa shape index (κ3) is 29.6. The molecular formula is C4H10AlClO2. The van der Waals surface area contributed by atoms with Crippen molar-refractivity contribution in [3.8, 4) is 0 Å². The smallest absolute Gasteiger partial charge is 0.0878 e. The molecule has 0 heterocycles. The molecule has 0 spiro atoms. The molecule has 0 atom stereocenters. The Bertz CT molecular complexity index is 28.0. The fraction of sp³-hybridized carbons (Fsp3) is 1.00. The Morgan fingerprint density at radius 3 is 1.50 bits per heavy atom. The Morgan fingerprint density at radius 2 is 1.50 bits per heavy atom. The summed E-state index contributed by atoms with van der Waals surface area (Å²) in [6.45, 7) is 4.50. The van der Waals surface area contributed by atoms with Gasteiger partial charge in [-0.15, -0.1) is 0 Å². The number of hydrogen-bond donors (Lipinski definition) is 0. The van der Waals surface area contributed by atoms with Gasteiger partial charge in [-0.25, -0.2) is 0 Å². The normalized spacial score (nSPS) is 6.50. The summed E-state index contributed by atoms with van der Waals surface area (Å²) in [5.74, 6) is 0. The van der Waals surface area contributed by atoms with Gasteiger partial charge in [-0.3, -0.25) is 0 Å². The predicted octanol–water partition coefficient (Wildman–Crippen LogP) is -0.811. The van der Waals surface area contributed by atoms with E-state index in [1.165, 1.54) is 10.6 Å². The molecule has 0 unspecified atom stereocenters. The van der Waals surface area contributed by atoms with Gasteiger partial charge < -0.3 is 9.32 Å². The van der Waals surface area contributed by atoms with Crippen molar-refractivity contribution in [1.29, 1.82) is 0 Å². The summed E-state index contributed by atoms with van der Waals surface area (Å²) in [5, 5.41) is 2.85. The maximum absolute atomic E-state index is 8.24. The van der Waals surface area contributed by atoms with E-state index in [2.05, 4.69) is 13.8 Å².